The Kier molecular flexibility index (Phi) is 8.11. The molecule has 1 saturated heterocycles. The topological polar surface area (TPSA) is 73.6 Å². The SMILES string of the molecule is BN1CCCC1C(=O)Nc1ccc(CN(Cc2ccc(/C(N)=C/NC)cc2)c2ccccc2)cc1. The number of amides is 1. The quantitative estimate of drug-likeness (QED) is 0.421. The van der Waals surface area contributed by atoms with Crippen molar-refractivity contribution in [3.8, 4) is 0 Å². The van der Waals surface area contributed by atoms with Crippen LogP contribution < -0.4 is 21.3 Å². The number of benzene rings is 3. The van der Waals surface area contributed by atoms with Crippen molar-refractivity contribution < 1.29 is 4.79 Å². The molecule has 4 N–H and O–H groups in total. The van der Waals surface area contributed by atoms with E-state index in [2.05, 4.69) is 81.0 Å². The Balaban J connectivity index is 1.45. The molecule has 1 fully saturated rings. The third kappa shape index (κ3) is 6.46. The Morgan fingerprint density at radius 1 is 1.03 bits per heavy atom. The summed E-state index contributed by atoms with van der Waals surface area (Å²) < 4.78 is 0. The molecule has 0 aromatic heterocycles. The highest BCUT2D eigenvalue weighted by molar-refractivity contribution is 6.08. The monoisotopic (exact) mass is 467 g/mol. The van der Waals surface area contributed by atoms with E-state index in [1.165, 1.54) is 11.1 Å². The summed E-state index contributed by atoms with van der Waals surface area (Å²) in [7, 11) is 3.85. The maximum absolute atomic E-state index is 12.6. The predicted molar refractivity (Wildman–Crippen MR) is 147 cm³/mol. The van der Waals surface area contributed by atoms with Crippen LogP contribution in [0.4, 0.5) is 11.4 Å². The fourth-order valence-electron chi connectivity index (χ4n) is 4.52. The van der Waals surface area contributed by atoms with Gasteiger partial charge >= 0.3 is 0 Å². The van der Waals surface area contributed by atoms with Crippen LogP contribution >= 0.6 is 0 Å². The molecule has 4 rings (SSSR count). The lowest BCUT2D eigenvalue weighted by Gasteiger charge is -2.25. The van der Waals surface area contributed by atoms with Crippen LogP contribution in [0.5, 0.6) is 0 Å². The molecule has 35 heavy (non-hydrogen) atoms. The van der Waals surface area contributed by atoms with Gasteiger partial charge in [0.25, 0.3) is 0 Å². The largest absolute Gasteiger partial charge is 0.397 e. The number of nitrogens with two attached hydrogens (primary N) is 1. The van der Waals surface area contributed by atoms with Crippen LogP contribution in [0.2, 0.25) is 0 Å². The van der Waals surface area contributed by atoms with Crippen molar-refractivity contribution in [3.05, 3.63) is 102 Å². The Labute approximate surface area is 209 Å². The molecule has 1 aliphatic rings. The van der Waals surface area contributed by atoms with Gasteiger partial charge in [0.05, 0.1) is 11.7 Å². The van der Waals surface area contributed by atoms with Crippen molar-refractivity contribution in [1.29, 1.82) is 0 Å². The van der Waals surface area contributed by atoms with Crippen LogP contribution in [-0.4, -0.2) is 38.3 Å². The molecule has 0 aliphatic carbocycles. The van der Waals surface area contributed by atoms with Crippen molar-refractivity contribution in [1.82, 2.24) is 10.1 Å². The van der Waals surface area contributed by atoms with E-state index in [1.54, 1.807) is 6.20 Å². The van der Waals surface area contributed by atoms with Crippen LogP contribution in [0.15, 0.2) is 85.1 Å². The van der Waals surface area contributed by atoms with E-state index in [-0.39, 0.29) is 11.9 Å². The minimum atomic E-state index is -0.0290. The lowest BCUT2D eigenvalue weighted by atomic mass is 10.1. The summed E-state index contributed by atoms with van der Waals surface area (Å²) in [5.41, 5.74) is 12.2. The summed E-state index contributed by atoms with van der Waals surface area (Å²) in [5, 5.41) is 6.05. The number of nitrogens with one attached hydrogen (secondary N) is 2. The van der Waals surface area contributed by atoms with E-state index < -0.39 is 0 Å². The Morgan fingerprint density at radius 2 is 1.66 bits per heavy atom. The maximum atomic E-state index is 12.6. The van der Waals surface area contributed by atoms with Gasteiger partial charge in [-0.15, -0.1) is 0 Å². The first kappa shape index (κ1) is 24.4. The highest BCUT2D eigenvalue weighted by Gasteiger charge is 2.27. The Morgan fingerprint density at radius 3 is 2.23 bits per heavy atom. The van der Waals surface area contributed by atoms with Crippen LogP contribution in [0.1, 0.15) is 29.5 Å². The van der Waals surface area contributed by atoms with E-state index in [9.17, 15) is 4.79 Å². The van der Waals surface area contributed by atoms with Crippen molar-refractivity contribution in [3.63, 3.8) is 0 Å². The van der Waals surface area contributed by atoms with Crippen molar-refractivity contribution in [2.45, 2.75) is 32.0 Å². The molecule has 1 amide bonds. The van der Waals surface area contributed by atoms with Crippen LogP contribution in [0.25, 0.3) is 5.70 Å². The van der Waals surface area contributed by atoms with Crippen LogP contribution in [-0.2, 0) is 17.9 Å². The zero-order valence-corrected chi connectivity index (χ0v) is 20.6. The van der Waals surface area contributed by atoms with E-state index in [0.29, 0.717) is 5.70 Å². The summed E-state index contributed by atoms with van der Waals surface area (Å²) in [6.07, 6.45) is 3.79. The number of hydrogen-bond donors (Lipinski definition) is 3. The summed E-state index contributed by atoms with van der Waals surface area (Å²) in [6, 6.07) is 26.9. The summed E-state index contributed by atoms with van der Waals surface area (Å²) in [6.45, 7) is 2.51. The molecule has 3 aromatic carbocycles. The molecule has 1 atom stereocenters. The minimum absolute atomic E-state index is 0.0290. The molecule has 0 spiro atoms. The smallest absolute Gasteiger partial charge is 0.240 e. The second kappa shape index (κ2) is 11.6. The number of carbonyl (C=O) groups excluding carboxylic acids is 1. The third-order valence-electron chi connectivity index (χ3n) is 6.50. The minimum Gasteiger partial charge on any atom is -0.397 e. The predicted octanol–water partition coefficient (Wildman–Crippen LogP) is 3.32. The molecular formula is C28H34BN5O. The number of rotatable bonds is 9. The van der Waals surface area contributed by atoms with Crippen LogP contribution in [0, 0.1) is 0 Å². The van der Waals surface area contributed by atoms with Gasteiger partial charge in [0.2, 0.25) is 5.91 Å². The zero-order valence-electron chi connectivity index (χ0n) is 20.6. The van der Waals surface area contributed by atoms with Crippen LogP contribution in [0.3, 0.4) is 0 Å². The maximum Gasteiger partial charge on any atom is 0.240 e. The molecule has 1 aliphatic heterocycles. The van der Waals surface area contributed by atoms with Gasteiger partial charge in [-0.05, 0) is 60.3 Å². The van der Waals surface area contributed by atoms with E-state index in [4.69, 9.17) is 5.73 Å². The van der Waals surface area contributed by atoms with E-state index >= 15 is 0 Å². The summed E-state index contributed by atoms with van der Waals surface area (Å²) in [4.78, 5) is 17.1. The number of carbonyl (C=O) groups is 1. The average molecular weight is 467 g/mol. The van der Waals surface area contributed by atoms with Crippen molar-refractivity contribution in [2.24, 2.45) is 5.73 Å². The Hall–Kier alpha value is -3.71. The van der Waals surface area contributed by atoms with Gasteiger partial charge < -0.3 is 26.1 Å². The second-order valence-electron chi connectivity index (χ2n) is 9.10. The summed E-state index contributed by atoms with van der Waals surface area (Å²) in [5.74, 6) is 0.0808. The van der Waals surface area contributed by atoms with Gasteiger partial charge in [-0.3, -0.25) is 4.79 Å². The molecule has 1 heterocycles. The first-order valence-electron chi connectivity index (χ1n) is 12.2. The third-order valence-corrected chi connectivity index (χ3v) is 6.50. The first-order chi connectivity index (χ1) is 17.0. The number of para-hydroxylation sites is 1. The molecule has 0 bridgehead atoms. The summed E-state index contributed by atoms with van der Waals surface area (Å²) >= 11 is 0. The molecule has 7 heteroatoms. The molecule has 6 nitrogen and oxygen atoms in total. The van der Waals surface area contributed by atoms with Gasteiger partial charge in [-0.25, -0.2) is 0 Å². The van der Waals surface area contributed by atoms with Gasteiger partial charge in [0.15, 0.2) is 7.98 Å². The second-order valence-corrected chi connectivity index (χ2v) is 9.10. The number of hydrogen-bond acceptors (Lipinski definition) is 5. The highest BCUT2D eigenvalue weighted by Crippen LogP contribution is 2.22. The number of nitrogens with zero attached hydrogens (tertiary/aromatic N) is 2. The average Bonchev–Trinajstić information content (AvgIpc) is 3.32. The fourth-order valence-corrected chi connectivity index (χ4v) is 4.52. The molecule has 0 saturated carbocycles. The van der Waals surface area contributed by atoms with Crippen molar-refractivity contribution in [2.75, 3.05) is 23.8 Å². The Bertz CT molecular complexity index is 1130. The molecule has 1 unspecified atom stereocenters. The zero-order chi connectivity index (χ0) is 24.6. The molecule has 3 aromatic rings. The first-order valence-corrected chi connectivity index (χ1v) is 12.2. The standard InChI is InChI=1S/C28H34BN5O/c1-31-18-26(30)23-13-9-21(10-14-23)19-33(25-6-3-2-4-7-25)20-22-11-15-24(16-12-22)32-28(35)27-8-5-17-34(27)29/h2-4,6-7,9-16,18,27,31H,5,8,17,19-20,29-30H2,1H3,(H,32,35)/b26-18-. The number of anilines is 2. The normalized spacial score (nSPS) is 16.1. The van der Waals surface area contributed by atoms with Gasteiger partial charge in [-0.2, -0.15) is 0 Å². The molecule has 180 valence electrons. The van der Waals surface area contributed by atoms with E-state index in [0.717, 1.165) is 49.4 Å². The lowest BCUT2D eigenvalue weighted by Crippen LogP contribution is -2.37. The highest BCUT2D eigenvalue weighted by atomic mass is 16.2. The van der Waals surface area contributed by atoms with Gasteiger partial charge in [0, 0.05) is 37.7 Å². The van der Waals surface area contributed by atoms with Crippen molar-refractivity contribution >= 4 is 31.0 Å². The lowest BCUT2D eigenvalue weighted by molar-refractivity contribution is -0.119. The van der Waals surface area contributed by atoms with Gasteiger partial charge in [0.1, 0.15) is 0 Å². The van der Waals surface area contributed by atoms with Gasteiger partial charge in [-0.1, -0.05) is 54.6 Å². The molecular weight excluding hydrogens is 433 g/mol. The fraction of sp³-hybridized carbons (Fsp3) is 0.250. The van der Waals surface area contributed by atoms with E-state index in [1.807, 2.05) is 33.2 Å². The molecule has 0 radical (unpaired) electrons.